The van der Waals surface area contributed by atoms with Crippen molar-refractivity contribution in [2.24, 2.45) is 5.41 Å². The molecule has 0 aromatic carbocycles. The summed E-state index contributed by atoms with van der Waals surface area (Å²) in [5.41, 5.74) is -0.817. The molecule has 0 aliphatic heterocycles. The summed E-state index contributed by atoms with van der Waals surface area (Å²) in [5, 5.41) is 8.93. The van der Waals surface area contributed by atoms with Crippen LogP contribution in [0.5, 0.6) is 0 Å². The summed E-state index contributed by atoms with van der Waals surface area (Å²) in [6.07, 6.45) is 3.38. The predicted molar refractivity (Wildman–Crippen MR) is 62.2 cm³/mol. The highest BCUT2D eigenvalue weighted by Gasteiger charge is 2.28. The van der Waals surface area contributed by atoms with E-state index < -0.39 is 5.41 Å². The lowest BCUT2D eigenvalue weighted by Gasteiger charge is -2.19. The van der Waals surface area contributed by atoms with Gasteiger partial charge in [0.05, 0.1) is 18.6 Å². The molecule has 4 heteroatoms. The maximum absolute atomic E-state index is 11.4. The second kappa shape index (κ2) is 8.53. The third kappa shape index (κ3) is 6.80. The average Bonchev–Trinajstić information content (AvgIpc) is 2.27. The number of rotatable bonds is 9. The summed E-state index contributed by atoms with van der Waals surface area (Å²) < 4.78 is 10.3. The van der Waals surface area contributed by atoms with Crippen molar-refractivity contribution in [1.29, 1.82) is 0 Å². The van der Waals surface area contributed by atoms with Gasteiger partial charge in [0.25, 0.3) is 0 Å². The first-order valence-corrected chi connectivity index (χ1v) is 5.90. The van der Waals surface area contributed by atoms with Crippen LogP contribution in [0.4, 0.5) is 0 Å². The summed E-state index contributed by atoms with van der Waals surface area (Å²) in [5.74, 6) is -0.382. The number of esters is 1. The van der Waals surface area contributed by atoms with E-state index in [0.29, 0.717) is 6.61 Å². The molecule has 1 N–H and O–H groups in total. The molecular weight excluding hydrogens is 208 g/mol. The van der Waals surface area contributed by atoms with Crippen LogP contribution in [-0.4, -0.2) is 37.5 Å². The van der Waals surface area contributed by atoms with E-state index in [-0.39, 0.29) is 19.2 Å². The van der Waals surface area contributed by atoms with Crippen LogP contribution in [0.1, 0.15) is 40.0 Å². The van der Waals surface area contributed by atoms with Gasteiger partial charge in [0, 0.05) is 6.61 Å². The number of hydrogen-bond donors (Lipinski definition) is 1. The van der Waals surface area contributed by atoms with E-state index in [1.807, 2.05) is 0 Å². The molecule has 0 unspecified atom stereocenters. The van der Waals surface area contributed by atoms with E-state index in [1.54, 1.807) is 13.8 Å². The van der Waals surface area contributed by atoms with Crippen molar-refractivity contribution in [3.63, 3.8) is 0 Å². The first kappa shape index (κ1) is 15.4. The van der Waals surface area contributed by atoms with Crippen LogP contribution in [0, 0.1) is 5.41 Å². The third-order valence-corrected chi connectivity index (χ3v) is 2.30. The van der Waals surface area contributed by atoms with E-state index in [1.165, 1.54) is 6.42 Å². The van der Waals surface area contributed by atoms with Crippen molar-refractivity contribution in [3.05, 3.63) is 0 Å². The molecule has 96 valence electrons. The monoisotopic (exact) mass is 232 g/mol. The van der Waals surface area contributed by atoms with Gasteiger partial charge < -0.3 is 14.6 Å². The van der Waals surface area contributed by atoms with Gasteiger partial charge in [0.1, 0.15) is 6.61 Å². The first-order chi connectivity index (χ1) is 7.54. The maximum Gasteiger partial charge on any atom is 0.313 e. The maximum atomic E-state index is 11.4. The van der Waals surface area contributed by atoms with Crippen LogP contribution < -0.4 is 0 Å². The Hall–Kier alpha value is -0.610. The fourth-order valence-corrected chi connectivity index (χ4v) is 1.01. The van der Waals surface area contributed by atoms with Crippen molar-refractivity contribution in [3.8, 4) is 0 Å². The van der Waals surface area contributed by atoms with Crippen LogP contribution in [0.3, 0.4) is 0 Å². The molecule has 0 aromatic heterocycles. The van der Waals surface area contributed by atoms with Gasteiger partial charge >= 0.3 is 5.97 Å². The zero-order chi connectivity index (χ0) is 12.4. The van der Waals surface area contributed by atoms with Gasteiger partial charge in [-0.15, -0.1) is 0 Å². The molecule has 4 nitrogen and oxygen atoms in total. The van der Waals surface area contributed by atoms with Gasteiger partial charge in [-0.25, -0.2) is 0 Å². The Labute approximate surface area is 97.9 Å². The second-order valence-corrected chi connectivity index (χ2v) is 4.50. The Morgan fingerprint density at radius 1 is 1.19 bits per heavy atom. The molecule has 0 amide bonds. The van der Waals surface area contributed by atoms with Crippen LogP contribution >= 0.6 is 0 Å². The zero-order valence-corrected chi connectivity index (χ0v) is 10.6. The van der Waals surface area contributed by atoms with Crippen LogP contribution in [0.2, 0.25) is 0 Å². The number of hydrogen-bond acceptors (Lipinski definition) is 4. The Bertz CT molecular complexity index is 189. The predicted octanol–water partition coefficient (Wildman–Crippen LogP) is 1.75. The smallest absolute Gasteiger partial charge is 0.313 e. The van der Waals surface area contributed by atoms with Crippen LogP contribution in [-0.2, 0) is 14.3 Å². The summed E-state index contributed by atoms with van der Waals surface area (Å²) in [4.78, 5) is 11.4. The highest BCUT2D eigenvalue weighted by molar-refractivity contribution is 5.75. The van der Waals surface area contributed by atoms with Crippen LogP contribution in [0.25, 0.3) is 0 Å². The number of carbonyl (C=O) groups is 1. The Morgan fingerprint density at radius 3 is 2.44 bits per heavy atom. The van der Waals surface area contributed by atoms with Gasteiger partial charge in [0.15, 0.2) is 0 Å². The molecule has 0 spiro atoms. The van der Waals surface area contributed by atoms with Gasteiger partial charge in [-0.05, 0) is 20.3 Å². The van der Waals surface area contributed by atoms with Crippen molar-refractivity contribution in [2.45, 2.75) is 40.0 Å². The molecule has 0 heterocycles. The normalized spacial score (nSPS) is 11.5. The molecular formula is C12H24O4. The number of unbranched alkanes of at least 4 members (excludes halogenated alkanes) is 2. The van der Waals surface area contributed by atoms with Crippen LogP contribution in [0.15, 0.2) is 0 Å². The van der Waals surface area contributed by atoms with Crippen molar-refractivity contribution in [2.75, 3.05) is 26.4 Å². The SMILES string of the molecule is CCCCCOCCOC(=O)C(C)(C)CO. The van der Waals surface area contributed by atoms with Crippen molar-refractivity contribution < 1.29 is 19.4 Å². The van der Waals surface area contributed by atoms with E-state index in [2.05, 4.69) is 6.92 Å². The van der Waals surface area contributed by atoms with Gasteiger partial charge in [-0.1, -0.05) is 19.8 Å². The first-order valence-electron chi connectivity index (χ1n) is 5.90. The summed E-state index contributed by atoms with van der Waals surface area (Å²) in [6.45, 7) is 6.64. The second-order valence-electron chi connectivity index (χ2n) is 4.50. The average molecular weight is 232 g/mol. The van der Waals surface area contributed by atoms with Gasteiger partial charge in [-0.3, -0.25) is 4.79 Å². The van der Waals surface area contributed by atoms with E-state index in [0.717, 1.165) is 19.4 Å². The standard InChI is InChI=1S/C12H24O4/c1-4-5-6-7-15-8-9-16-11(14)12(2,3)10-13/h13H,4-10H2,1-3H3. The molecule has 0 radical (unpaired) electrons. The lowest BCUT2D eigenvalue weighted by atomic mass is 9.95. The van der Waals surface area contributed by atoms with Crippen molar-refractivity contribution in [1.82, 2.24) is 0 Å². The Kier molecular flexibility index (Phi) is 8.21. The third-order valence-electron chi connectivity index (χ3n) is 2.30. The minimum absolute atomic E-state index is 0.205. The lowest BCUT2D eigenvalue weighted by molar-refractivity contribution is -0.157. The van der Waals surface area contributed by atoms with E-state index in [4.69, 9.17) is 14.6 Å². The van der Waals surface area contributed by atoms with Crippen molar-refractivity contribution >= 4 is 5.97 Å². The topological polar surface area (TPSA) is 55.8 Å². The molecule has 0 bridgehead atoms. The van der Waals surface area contributed by atoms with Gasteiger partial charge in [0.2, 0.25) is 0 Å². The molecule has 0 atom stereocenters. The Balaban J connectivity index is 3.42. The Morgan fingerprint density at radius 2 is 1.88 bits per heavy atom. The zero-order valence-electron chi connectivity index (χ0n) is 10.6. The molecule has 0 saturated heterocycles. The lowest BCUT2D eigenvalue weighted by Crippen LogP contribution is -2.31. The molecule has 0 aliphatic carbocycles. The summed E-state index contributed by atoms with van der Waals surface area (Å²) >= 11 is 0. The number of ether oxygens (including phenoxy) is 2. The van der Waals surface area contributed by atoms with E-state index >= 15 is 0 Å². The molecule has 16 heavy (non-hydrogen) atoms. The molecule has 0 fully saturated rings. The highest BCUT2D eigenvalue weighted by Crippen LogP contribution is 2.15. The molecule has 0 aliphatic rings. The molecule has 0 saturated carbocycles. The molecule has 0 aromatic rings. The molecule has 0 rings (SSSR count). The number of aliphatic hydroxyl groups excluding tert-OH is 1. The minimum atomic E-state index is -0.817. The largest absolute Gasteiger partial charge is 0.463 e. The summed E-state index contributed by atoms with van der Waals surface area (Å²) in [7, 11) is 0. The van der Waals surface area contributed by atoms with Gasteiger partial charge in [-0.2, -0.15) is 0 Å². The number of carbonyl (C=O) groups excluding carboxylic acids is 1. The number of aliphatic hydroxyl groups is 1. The fourth-order valence-electron chi connectivity index (χ4n) is 1.01. The van der Waals surface area contributed by atoms with E-state index in [9.17, 15) is 4.79 Å². The summed E-state index contributed by atoms with van der Waals surface area (Å²) in [6, 6.07) is 0. The fraction of sp³-hybridized carbons (Fsp3) is 0.917. The highest BCUT2D eigenvalue weighted by atomic mass is 16.6. The quantitative estimate of drug-likeness (QED) is 0.486. The minimum Gasteiger partial charge on any atom is -0.463 e.